The molecular weight excluding hydrogens is 307 g/mol. The van der Waals surface area contributed by atoms with E-state index in [4.69, 9.17) is 10.5 Å². The zero-order valence-electron chi connectivity index (χ0n) is 12.9. The first-order valence-corrected chi connectivity index (χ1v) is 7.92. The maximum atomic E-state index is 13.0. The summed E-state index contributed by atoms with van der Waals surface area (Å²) in [5.74, 6) is -2.52. The Morgan fingerprint density at radius 3 is 2.35 bits per heavy atom. The number of carbonyl (C=O) groups excluding carboxylic acids is 1. The Hall–Kier alpha value is -1.56. The van der Waals surface area contributed by atoms with Crippen LogP contribution in [0.25, 0.3) is 0 Å². The van der Waals surface area contributed by atoms with Crippen LogP contribution in [0.15, 0.2) is 30.3 Å². The lowest BCUT2D eigenvalue weighted by molar-refractivity contribution is -0.182. The standard InChI is InChI=1S/C17H22F3NO2/c18-17(19,20)15(21)14(13-9-5-2-6-10-13)16(22)23-11-12-7-3-1-4-8-12/h1,3-4,7-8,13-15H,2,5-6,9-11,21H2/t14-,15-/m0/s1. The van der Waals surface area contributed by atoms with E-state index in [1.165, 1.54) is 0 Å². The van der Waals surface area contributed by atoms with Crippen molar-refractivity contribution in [1.29, 1.82) is 0 Å². The SMILES string of the molecule is N[C@@H]([C@@H](C(=O)OCc1ccccc1)C1CCCCC1)C(F)(F)F. The van der Waals surface area contributed by atoms with Crippen LogP contribution in [0.3, 0.4) is 0 Å². The van der Waals surface area contributed by atoms with E-state index in [0.717, 1.165) is 24.8 Å². The highest BCUT2D eigenvalue weighted by Gasteiger charge is 2.48. The van der Waals surface area contributed by atoms with Crippen molar-refractivity contribution in [2.24, 2.45) is 17.6 Å². The lowest BCUT2D eigenvalue weighted by Crippen LogP contribution is -2.50. The summed E-state index contributed by atoms with van der Waals surface area (Å²) in [6, 6.07) is 6.72. The minimum absolute atomic E-state index is 0.0343. The third-order valence-electron chi connectivity index (χ3n) is 4.42. The van der Waals surface area contributed by atoms with Crippen LogP contribution in [-0.2, 0) is 16.1 Å². The molecule has 3 nitrogen and oxygen atoms in total. The van der Waals surface area contributed by atoms with Gasteiger partial charge < -0.3 is 10.5 Å². The number of benzene rings is 1. The molecule has 6 heteroatoms. The number of ether oxygens (including phenoxy) is 1. The van der Waals surface area contributed by atoms with E-state index in [1.54, 1.807) is 24.3 Å². The van der Waals surface area contributed by atoms with Crippen molar-refractivity contribution in [3.63, 3.8) is 0 Å². The van der Waals surface area contributed by atoms with Gasteiger partial charge in [0.2, 0.25) is 0 Å². The summed E-state index contributed by atoms with van der Waals surface area (Å²) in [7, 11) is 0. The van der Waals surface area contributed by atoms with Crippen LogP contribution in [0.4, 0.5) is 13.2 Å². The highest BCUT2D eigenvalue weighted by Crippen LogP contribution is 2.36. The highest BCUT2D eigenvalue weighted by molar-refractivity contribution is 5.74. The van der Waals surface area contributed by atoms with Crippen molar-refractivity contribution in [1.82, 2.24) is 0 Å². The third kappa shape index (κ3) is 4.96. The number of esters is 1. The second-order valence-electron chi connectivity index (χ2n) is 6.08. The van der Waals surface area contributed by atoms with Gasteiger partial charge in [0.1, 0.15) is 12.6 Å². The summed E-state index contributed by atoms with van der Waals surface area (Å²) in [4.78, 5) is 12.3. The molecule has 2 rings (SSSR count). The highest BCUT2D eigenvalue weighted by atomic mass is 19.4. The molecule has 0 aromatic heterocycles. The number of halogens is 3. The maximum Gasteiger partial charge on any atom is 0.404 e. The van der Waals surface area contributed by atoms with Crippen molar-refractivity contribution >= 4 is 5.97 Å². The molecule has 1 aromatic rings. The lowest BCUT2D eigenvalue weighted by Gasteiger charge is -2.33. The van der Waals surface area contributed by atoms with Gasteiger partial charge in [0, 0.05) is 0 Å². The molecule has 1 aliphatic carbocycles. The summed E-state index contributed by atoms with van der Waals surface area (Å²) < 4.78 is 44.3. The van der Waals surface area contributed by atoms with Gasteiger partial charge in [0.15, 0.2) is 0 Å². The van der Waals surface area contributed by atoms with E-state index >= 15 is 0 Å². The Morgan fingerprint density at radius 2 is 1.78 bits per heavy atom. The van der Waals surface area contributed by atoms with Gasteiger partial charge >= 0.3 is 12.1 Å². The molecule has 0 saturated heterocycles. The first-order chi connectivity index (χ1) is 10.9. The Kier molecular flexibility index (Phi) is 6.04. The number of hydrogen-bond donors (Lipinski definition) is 1. The van der Waals surface area contributed by atoms with Crippen LogP contribution >= 0.6 is 0 Å². The molecule has 2 N–H and O–H groups in total. The molecule has 2 atom stereocenters. The van der Waals surface area contributed by atoms with Gasteiger partial charge in [-0.15, -0.1) is 0 Å². The molecule has 1 saturated carbocycles. The number of rotatable bonds is 5. The summed E-state index contributed by atoms with van der Waals surface area (Å²) in [6.07, 6.45) is -0.767. The smallest absolute Gasteiger partial charge is 0.404 e. The summed E-state index contributed by atoms with van der Waals surface area (Å²) in [6.45, 7) is -0.0343. The van der Waals surface area contributed by atoms with Gasteiger partial charge in [-0.1, -0.05) is 49.6 Å². The largest absolute Gasteiger partial charge is 0.461 e. The Morgan fingerprint density at radius 1 is 1.17 bits per heavy atom. The molecule has 0 amide bonds. The molecule has 0 aliphatic heterocycles. The quantitative estimate of drug-likeness (QED) is 0.836. The molecular formula is C17H22F3NO2. The van der Waals surface area contributed by atoms with Gasteiger partial charge in [-0.25, -0.2) is 0 Å². The summed E-state index contributed by atoms with van der Waals surface area (Å²) in [5, 5.41) is 0. The van der Waals surface area contributed by atoms with Gasteiger partial charge in [-0.3, -0.25) is 4.79 Å². The Labute approximate surface area is 134 Å². The summed E-state index contributed by atoms with van der Waals surface area (Å²) in [5.41, 5.74) is 6.11. The van der Waals surface area contributed by atoms with Crippen molar-refractivity contribution in [2.45, 2.75) is 50.9 Å². The maximum absolute atomic E-state index is 13.0. The van der Waals surface area contributed by atoms with Crippen molar-refractivity contribution in [3.05, 3.63) is 35.9 Å². The number of hydrogen-bond acceptors (Lipinski definition) is 3. The fraction of sp³-hybridized carbons (Fsp3) is 0.588. The van der Waals surface area contributed by atoms with Crippen LogP contribution in [0.2, 0.25) is 0 Å². The van der Waals surface area contributed by atoms with Gasteiger partial charge in [-0.05, 0) is 24.3 Å². The zero-order chi connectivity index (χ0) is 16.9. The van der Waals surface area contributed by atoms with Crippen molar-refractivity contribution in [2.75, 3.05) is 0 Å². The van der Waals surface area contributed by atoms with Crippen LogP contribution in [0, 0.1) is 11.8 Å². The molecule has 23 heavy (non-hydrogen) atoms. The predicted molar refractivity (Wildman–Crippen MR) is 80.3 cm³/mol. The molecule has 0 heterocycles. The van der Waals surface area contributed by atoms with Gasteiger partial charge in [0.05, 0.1) is 5.92 Å². The average molecular weight is 329 g/mol. The number of alkyl halides is 3. The molecule has 0 spiro atoms. The van der Waals surface area contributed by atoms with E-state index in [0.29, 0.717) is 12.8 Å². The third-order valence-corrected chi connectivity index (χ3v) is 4.42. The zero-order valence-corrected chi connectivity index (χ0v) is 12.9. The fourth-order valence-corrected chi connectivity index (χ4v) is 3.15. The molecule has 1 fully saturated rings. The minimum Gasteiger partial charge on any atom is -0.461 e. The predicted octanol–water partition coefficient (Wildman–Crippen LogP) is 3.82. The van der Waals surface area contributed by atoms with Gasteiger partial charge in [-0.2, -0.15) is 13.2 Å². The van der Waals surface area contributed by atoms with Crippen LogP contribution in [-0.4, -0.2) is 18.2 Å². The first kappa shape index (κ1) is 17.8. The Bertz CT molecular complexity index is 498. The molecule has 0 bridgehead atoms. The van der Waals surface area contributed by atoms with E-state index < -0.39 is 24.1 Å². The summed E-state index contributed by atoms with van der Waals surface area (Å²) >= 11 is 0. The monoisotopic (exact) mass is 329 g/mol. The molecule has 128 valence electrons. The van der Waals surface area contributed by atoms with Crippen molar-refractivity contribution < 1.29 is 22.7 Å². The molecule has 0 radical (unpaired) electrons. The normalized spacial score (nSPS) is 19.1. The fourth-order valence-electron chi connectivity index (χ4n) is 3.15. The second-order valence-corrected chi connectivity index (χ2v) is 6.08. The number of nitrogens with two attached hydrogens (primary N) is 1. The van der Waals surface area contributed by atoms with E-state index in [1.807, 2.05) is 6.07 Å². The van der Waals surface area contributed by atoms with Gasteiger partial charge in [0.25, 0.3) is 0 Å². The minimum atomic E-state index is -4.60. The van der Waals surface area contributed by atoms with E-state index in [2.05, 4.69) is 0 Å². The van der Waals surface area contributed by atoms with Crippen LogP contribution < -0.4 is 5.73 Å². The lowest BCUT2D eigenvalue weighted by atomic mass is 9.76. The molecule has 1 aliphatic rings. The first-order valence-electron chi connectivity index (χ1n) is 7.92. The Balaban J connectivity index is 2.07. The molecule has 0 unspecified atom stereocenters. The van der Waals surface area contributed by atoms with Crippen LogP contribution in [0.5, 0.6) is 0 Å². The second kappa shape index (κ2) is 7.81. The van der Waals surface area contributed by atoms with Crippen LogP contribution in [0.1, 0.15) is 37.7 Å². The molecule has 1 aromatic carbocycles. The topological polar surface area (TPSA) is 52.3 Å². The van der Waals surface area contributed by atoms with E-state index in [9.17, 15) is 18.0 Å². The average Bonchev–Trinajstić information content (AvgIpc) is 2.54. The van der Waals surface area contributed by atoms with E-state index in [-0.39, 0.29) is 12.5 Å². The van der Waals surface area contributed by atoms with Crippen molar-refractivity contribution in [3.8, 4) is 0 Å². The number of carbonyl (C=O) groups is 1.